The van der Waals surface area contributed by atoms with Crippen LogP contribution in [0.25, 0.3) is 0 Å². The first-order valence-corrected chi connectivity index (χ1v) is 12.0. The number of carbonyl (C=O) groups excluding carboxylic acids is 2. The van der Waals surface area contributed by atoms with Crippen LogP contribution >= 0.6 is 11.8 Å². The van der Waals surface area contributed by atoms with E-state index in [0.717, 1.165) is 23.3 Å². The van der Waals surface area contributed by atoms with Crippen LogP contribution in [0.15, 0.2) is 48.5 Å². The molecule has 1 N–H and O–H groups in total. The number of thioether (sulfide) groups is 1. The normalized spacial score (nSPS) is 12.8. The third-order valence-electron chi connectivity index (χ3n) is 5.27. The maximum absolute atomic E-state index is 13.3. The Kier molecular flexibility index (Phi) is 10.0. The third-order valence-corrected chi connectivity index (χ3v) is 6.26. The van der Waals surface area contributed by atoms with Crippen LogP contribution < -0.4 is 5.32 Å². The Balaban J connectivity index is 2.12. The molecule has 0 unspecified atom stereocenters. The maximum Gasteiger partial charge on any atom is 0.243 e. The Morgan fingerprint density at radius 1 is 1.00 bits per heavy atom. The van der Waals surface area contributed by atoms with Gasteiger partial charge in [-0.3, -0.25) is 9.59 Å². The lowest BCUT2D eigenvalue weighted by Crippen LogP contribution is -2.51. The van der Waals surface area contributed by atoms with Gasteiger partial charge in [0.1, 0.15) is 11.9 Å². The Morgan fingerprint density at radius 3 is 2.19 bits per heavy atom. The maximum atomic E-state index is 13.3. The van der Waals surface area contributed by atoms with Crippen LogP contribution in [0.3, 0.4) is 0 Å². The van der Waals surface area contributed by atoms with Gasteiger partial charge in [-0.2, -0.15) is 0 Å². The Hall–Kier alpha value is -2.34. The molecule has 2 amide bonds. The highest BCUT2D eigenvalue weighted by atomic mass is 32.2. The number of carbonyl (C=O) groups is 2. The van der Waals surface area contributed by atoms with Crippen molar-refractivity contribution in [1.29, 1.82) is 0 Å². The summed E-state index contributed by atoms with van der Waals surface area (Å²) in [6.45, 7) is 8.19. The summed E-state index contributed by atoms with van der Waals surface area (Å²) in [7, 11) is 0. The summed E-state index contributed by atoms with van der Waals surface area (Å²) in [4.78, 5) is 27.7. The average Bonchev–Trinajstić information content (AvgIpc) is 2.76. The summed E-state index contributed by atoms with van der Waals surface area (Å²) < 4.78 is 13.3. The minimum Gasteiger partial charge on any atom is -0.352 e. The van der Waals surface area contributed by atoms with E-state index in [9.17, 15) is 14.0 Å². The van der Waals surface area contributed by atoms with Crippen LogP contribution in [-0.4, -0.2) is 34.6 Å². The van der Waals surface area contributed by atoms with E-state index < -0.39 is 6.04 Å². The van der Waals surface area contributed by atoms with Gasteiger partial charge in [0.25, 0.3) is 0 Å². The quantitative estimate of drug-likeness (QED) is 0.525. The molecule has 0 radical (unpaired) electrons. The highest BCUT2D eigenvalue weighted by Gasteiger charge is 2.29. The molecule has 0 spiro atoms. The summed E-state index contributed by atoms with van der Waals surface area (Å²) >= 11 is 1.54. The molecule has 2 atom stereocenters. The van der Waals surface area contributed by atoms with Gasteiger partial charge in [-0.25, -0.2) is 4.39 Å². The van der Waals surface area contributed by atoms with E-state index >= 15 is 0 Å². The van der Waals surface area contributed by atoms with Crippen LogP contribution in [-0.2, 0) is 21.9 Å². The molecule has 0 aliphatic heterocycles. The molecule has 2 rings (SSSR count). The molecular weight excluding hydrogens is 411 g/mol. The molecule has 0 aromatic heterocycles. The van der Waals surface area contributed by atoms with E-state index in [2.05, 4.69) is 29.6 Å². The fourth-order valence-corrected chi connectivity index (χ4v) is 4.04. The predicted octanol–water partition coefficient (Wildman–Crippen LogP) is 5.09. The predicted molar refractivity (Wildman–Crippen MR) is 126 cm³/mol. The largest absolute Gasteiger partial charge is 0.352 e. The Morgan fingerprint density at radius 2 is 1.61 bits per heavy atom. The molecule has 0 saturated heterocycles. The molecular formula is C25H33FN2O2S. The summed E-state index contributed by atoms with van der Waals surface area (Å²) in [5.74, 6) is 0.453. The molecule has 0 bridgehead atoms. The van der Waals surface area contributed by atoms with Crippen molar-refractivity contribution in [1.82, 2.24) is 10.2 Å². The average molecular weight is 445 g/mol. The van der Waals surface area contributed by atoms with Gasteiger partial charge < -0.3 is 10.2 Å². The van der Waals surface area contributed by atoms with Gasteiger partial charge in [0.05, 0.1) is 5.75 Å². The molecule has 0 fully saturated rings. The van der Waals surface area contributed by atoms with E-state index in [-0.39, 0.29) is 36.0 Å². The van der Waals surface area contributed by atoms with Crippen LogP contribution in [0.1, 0.15) is 50.3 Å². The summed E-state index contributed by atoms with van der Waals surface area (Å²) in [6, 6.07) is 13.8. The zero-order valence-corrected chi connectivity index (χ0v) is 19.7. The lowest BCUT2D eigenvalue weighted by Gasteiger charge is -2.31. The zero-order chi connectivity index (χ0) is 22.8. The van der Waals surface area contributed by atoms with E-state index in [1.165, 1.54) is 29.5 Å². The van der Waals surface area contributed by atoms with Gasteiger partial charge in [-0.05, 0) is 49.9 Å². The van der Waals surface area contributed by atoms with Gasteiger partial charge in [0, 0.05) is 18.3 Å². The number of nitrogens with zero attached hydrogens (tertiary/aromatic N) is 1. The van der Waals surface area contributed by atoms with Gasteiger partial charge in [0.15, 0.2) is 0 Å². The minimum atomic E-state index is -0.563. The van der Waals surface area contributed by atoms with Gasteiger partial charge >= 0.3 is 0 Å². The van der Waals surface area contributed by atoms with Crippen molar-refractivity contribution in [2.45, 2.75) is 64.9 Å². The number of hydrogen-bond donors (Lipinski definition) is 1. The molecule has 0 aliphatic carbocycles. The van der Waals surface area contributed by atoms with Crippen molar-refractivity contribution in [3.05, 3.63) is 71.0 Å². The third kappa shape index (κ3) is 8.02. The summed E-state index contributed by atoms with van der Waals surface area (Å²) in [5.41, 5.74) is 3.16. The smallest absolute Gasteiger partial charge is 0.243 e. The van der Waals surface area contributed by atoms with Crippen LogP contribution in [0, 0.1) is 12.7 Å². The lowest BCUT2D eigenvalue weighted by atomic mass is 10.1. The molecule has 0 saturated carbocycles. The molecule has 2 aromatic rings. The molecule has 168 valence electrons. The topological polar surface area (TPSA) is 49.4 Å². The van der Waals surface area contributed by atoms with Crippen LogP contribution in [0.5, 0.6) is 0 Å². The number of nitrogens with one attached hydrogen (secondary N) is 1. The Labute approximate surface area is 189 Å². The second-order valence-corrected chi connectivity index (χ2v) is 8.85. The van der Waals surface area contributed by atoms with Crippen molar-refractivity contribution >= 4 is 23.6 Å². The second-order valence-electron chi connectivity index (χ2n) is 7.87. The van der Waals surface area contributed by atoms with Crippen LogP contribution in [0.4, 0.5) is 4.39 Å². The van der Waals surface area contributed by atoms with Gasteiger partial charge in [-0.1, -0.05) is 55.8 Å². The van der Waals surface area contributed by atoms with Crippen LogP contribution in [0.2, 0.25) is 0 Å². The molecule has 4 nitrogen and oxygen atoms in total. The van der Waals surface area contributed by atoms with E-state index in [0.29, 0.717) is 6.42 Å². The van der Waals surface area contributed by atoms with E-state index in [4.69, 9.17) is 0 Å². The Bertz CT molecular complexity index is 840. The summed E-state index contributed by atoms with van der Waals surface area (Å²) in [6.07, 6.45) is 1.33. The number of aryl methyl sites for hydroxylation is 1. The van der Waals surface area contributed by atoms with Crippen molar-refractivity contribution in [3.8, 4) is 0 Å². The highest BCUT2D eigenvalue weighted by molar-refractivity contribution is 7.99. The van der Waals surface area contributed by atoms with E-state index in [1.807, 2.05) is 27.7 Å². The standard InChI is InChI=1S/C25H33FN2O2S/c1-5-19(4)27-25(30)23(6-2)28(15-20-11-13-22(26)14-12-20)24(29)17-31-16-21-9-7-18(3)8-10-21/h7-14,19,23H,5-6,15-17H2,1-4H3,(H,27,30)/t19-,23-/m0/s1. The number of benzene rings is 2. The zero-order valence-electron chi connectivity index (χ0n) is 18.9. The highest BCUT2D eigenvalue weighted by Crippen LogP contribution is 2.18. The lowest BCUT2D eigenvalue weighted by molar-refractivity contribution is -0.139. The van der Waals surface area contributed by atoms with Gasteiger partial charge in [0.2, 0.25) is 11.8 Å². The molecule has 0 aliphatic rings. The van der Waals surface area contributed by atoms with Crippen molar-refractivity contribution in [2.75, 3.05) is 5.75 Å². The molecule has 6 heteroatoms. The number of hydrogen-bond acceptors (Lipinski definition) is 3. The first kappa shape index (κ1) is 24.9. The second kappa shape index (κ2) is 12.5. The van der Waals surface area contributed by atoms with Crippen molar-refractivity contribution in [3.63, 3.8) is 0 Å². The number of amides is 2. The van der Waals surface area contributed by atoms with Crippen molar-refractivity contribution in [2.24, 2.45) is 0 Å². The van der Waals surface area contributed by atoms with Crippen molar-refractivity contribution < 1.29 is 14.0 Å². The minimum absolute atomic E-state index is 0.0419. The van der Waals surface area contributed by atoms with E-state index in [1.54, 1.807) is 17.0 Å². The monoisotopic (exact) mass is 444 g/mol. The molecule has 2 aromatic carbocycles. The fraction of sp³-hybridized carbons (Fsp3) is 0.440. The molecule has 31 heavy (non-hydrogen) atoms. The van der Waals surface area contributed by atoms with Gasteiger partial charge in [-0.15, -0.1) is 11.8 Å². The first-order valence-electron chi connectivity index (χ1n) is 10.8. The number of halogens is 1. The number of rotatable bonds is 11. The summed E-state index contributed by atoms with van der Waals surface area (Å²) in [5, 5.41) is 3.00. The first-order chi connectivity index (χ1) is 14.8. The molecule has 0 heterocycles. The fourth-order valence-electron chi connectivity index (χ4n) is 3.17. The SMILES string of the molecule is CC[C@H](C)NC(=O)[C@H](CC)N(Cc1ccc(F)cc1)C(=O)CSCc1ccc(C)cc1.